The van der Waals surface area contributed by atoms with Gasteiger partial charge < -0.3 is 9.47 Å². The molecule has 0 N–H and O–H groups in total. The molecule has 2 aliphatic rings. The van der Waals surface area contributed by atoms with Crippen molar-refractivity contribution in [1.82, 2.24) is 9.80 Å². The van der Waals surface area contributed by atoms with E-state index >= 15 is 0 Å². The Morgan fingerprint density at radius 3 is 2.48 bits per heavy atom. The quantitative estimate of drug-likeness (QED) is 0.620. The normalized spacial score (nSPS) is 17.5. The first-order valence-electron chi connectivity index (χ1n) is 7.17. The first-order valence-corrected chi connectivity index (χ1v) is 7.55. The molecule has 0 radical (unpaired) electrons. The molecular weight excluding hydrogens is 324 g/mol. The van der Waals surface area contributed by atoms with Gasteiger partial charge in [0.15, 0.2) is 11.5 Å². The fraction of sp³-hybridized carbons (Fsp3) is 0.400. The number of hydrogen-bond acceptors (Lipinski definition) is 5. The number of carbonyl (C=O) groups excluding carboxylic acids is 3. The van der Waals surface area contributed by atoms with Crippen molar-refractivity contribution < 1.29 is 23.9 Å². The van der Waals surface area contributed by atoms with Gasteiger partial charge in [-0.3, -0.25) is 19.4 Å². The molecular formula is C15H15ClN2O5. The third kappa shape index (κ3) is 2.61. The lowest BCUT2D eigenvalue weighted by Gasteiger charge is -2.22. The van der Waals surface area contributed by atoms with Crippen LogP contribution in [0.15, 0.2) is 12.1 Å². The maximum absolute atomic E-state index is 12.3. The molecule has 0 unspecified atom stereocenters. The Morgan fingerprint density at radius 2 is 1.83 bits per heavy atom. The van der Waals surface area contributed by atoms with E-state index in [2.05, 4.69) is 0 Å². The minimum atomic E-state index is -0.838. The van der Waals surface area contributed by atoms with Gasteiger partial charge in [0.1, 0.15) is 13.2 Å². The van der Waals surface area contributed by atoms with Gasteiger partial charge in [0, 0.05) is 6.04 Å². The molecule has 2 heterocycles. The van der Waals surface area contributed by atoms with Gasteiger partial charge in [0.2, 0.25) is 0 Å². The second-order valence-electron chi connectivity index (χ2n) is 5.54. The molecule has 1 saturated heterocycles. The SMILES string of the molecule is CC(C)N1C(=O)C(=O)N(Cc2cc(Cl)c3c(c2)OCCO3)C1=O. The van der Waals surface area contributed by atoms with Crippen LogP contribution in [0, 0.1) is 0 Å². The largest absolute Gasteiger partial charge is 0.486 e. The van der Waals surface area contributed by atoms with Crippen molar-refractivity contribution >= 4 is 29.4 Å². The summed E-state index contributed by atoms with van der Waals surface area (Å²) in [5.74, 6) is -0.742. The molecule has 0 atom stereocenters. The molecule has 3 rings (SSSR count). The van der Waals surface area contributed by atoms with Crippen LogP contribution in [0.3, 0.4) is 0 Å². The predicted octanol–water partition coefficient (Wildman–Crippen LogP) is 1.81. The Bertz CT molecular complexity index is 703. The highest BCUT2D eigenvalue weighted by Gasteiger charge is 2.45. The zero-order valence-corrected chi connectivity index (χ0v) is 13.4. The second kappa shape index (κ2) is 5.73. The molecule has 1 fully saturated rings. The van der Waals surface area contributed by atoms with Gasteiger partial charge in [-0.2, -0.15) is 0 Å². The maximum Gasteiger partial charge on any atom is 0.334 e. The molecule has 1 aromatic carbocycles. The Balaban J connectivity index is 1.88. The molecule has 23 heavy (non-hydrogen) atoms. The molecule has 4 amide bonds. The first kappa shape index (κ1) is 15.6. The number of imide groups is 2. The highest BCUT2D eigenvalue weighted by Crippen LogP contribution is 2.38. The van der Waals surface area contributed by atoms with Crippen LogP contribution < -0.4 is 9.47 Å². The third-order valence-corrected chi connectivity index (χ3v) is 3.88. The summed E-state index contributed by atoms with van der Waals surface area (Å²) in [6, 6.07) is 2.25. The molecule has 8 heteroatoms. The van der Waals surface area contributed by atoms with E-state index < -0.39 is 17.8 Å². The number of amides is 4. The van der Waals surface area contributed by atoms with Crippen LogP contribution in [-0.2, 0) is 16.1 Å². The van der Waals surface area contributed by atoms with Crippen molar-refractivity contribution in [3.63, 3.8) is 0 Å². The van der Waals surface area contributed by atoms with Gasteiger partial charge in [-0.1, -0.05) is 11.6 Å². The minimum Gasteiger partial charge on any atom is -0.486 e. The van der Waals surface area contributed by atoms with Gasteiger partial charge in [-0.15, -0.1) is 0 Å². The summed E-state index contributed by atoms with van der Waals surface area (Å²) >= 11 is 6.14. The van der Waals surface area contributed by atoms with Gasteiger partial charge in [0.25, 0.3) is 0 Å². The monoisotopic (exact) mass is 338 g/mol. The zero-order chi connectivity index (χ0) is 16.7. The lowest BCUT2D eigenvalue weighted by Crippen LogP contribution is -2.37. The van der Waals surface area contributed by atoms with Crippen molar-refractivity contribution in [2.75, 3.05) is 13.2 Å². The maximum atomic E-state index is 12.3. The Labute approximate surface area is 137 Å². The summed E-state index contributed by atoms with van der Waals surface area (Å²) in [4.78, 5) is 38.1. The van der Waals surface area contributed by atoms with E-state index in [1.165, 1.54) is 0 Å². The highest BCUT2D eigenvalue weighted by molar-refractivity contribution is 6.44. The smallest absolute Gasteiger partial charge is 0.334 e. The van der Waals surface area contributed by atoms with Crippen molar-refractivity contribution in [3.8, 4) is 11.5 Å². The van der Waals surface area contributed by atoms with Gasteiger partial charge in [-0.25, -0.2) is 4.79 Å². The van der Waals surface area contributed by atoms with E-state index in [9.17, 15) is 14.4 Å². The number of benzene rings is 1. The van der Waals surface area contributed by atoms with E-state index in [0.29, 0.717) is 35.3 Å². The van der Waals surface area contributed by atoms with Crippen LogP contribution in [0.25, 0.3) is 0 Å². The van der Waals surface area contributed by atoms with E-state index in [0.717, 1.165) is 9.80 Å². The number of hydrogen-bond donors (Lipinski definition) is 0. The summed E-state index contributed by atoms with van der Waals surface area (Å²) < 4.78 is 10.9. The van der Waals surface area contributed by atoms with E-state index in [1.807, 2.05) is 0 Å². The van der Waals surface area contributed by atoms with Crippen molar-refractivity contribution in [2.45, 2.75) is 26.4 Å². The minimum absolute atomic E-state index is 0.0526. The molecule has 0 saturated carbocycles. The third-order valence-electron chi connectivity index (χ3n) is 3.60. The summed E-state index contributed by atoms with van der Waals surface area (Å²) in [7, 11) is 0. The van der Waals surface area contributed by atoms with Gasteiger partial charge >= 0.3 is 17.8 Å². The number of rotatable bonds is 3. The lowest BCUT2D eigenvalue weighted by atomic mass is 10.2. The number of ether oxygens (including phenoxy) is 2. The van der Waals surface area contributed by atoms with Crippen LogP contribution in [0.5, 0.6) is 11.5 Å². The summed E-state index contributed by atoms with van der Waals surface area (Å²) in [5.41, 5.74) is 0.583. The first-order chi connectivity index (χ1) is 10.9. The molecule has 2 aliphatic heterocycles. The highest BCUT2D eigenvalue weighted by atomic mass is 35.5. The molecule has 1 aromatic rings. The fourth-order valence-corrected chi connectivity index (χ4v) is 2.84. The topological polar surface area (TPSA) is 76.2 Å². The van der Waals surface area contributed by atoms with Crippen molar-refractivity contribution in [3.05, 3.63) is 22.7 Å². The average molecular weight is 339 g/mol. The molecule has 0 aliphatic carbocycles. The Morgan fingerprint density at radius 1 is 1.13 bits per heavy atom. The van der Waals surface area contributed by atoms with E-state index in [-0.39, 0.29) is 12.6 Å². The number of carbonyl (C=O) groups is 3. The number of nitrogens with zero attached hydrogens (tertiary/aromatic N) is 2. The lowest BCUT2D eigenvalue weighted by molar-refractivity contribution is -0.144. The molecule has 122 valence electrons. The fourth-order valence-electron chi connectivity index (χ4n) is 2.56. The van der Waals surface area contributed by atoms with Crippen molar-refractivity contribution in [2.24, 2.45) is 0 Å². The molecule has 0 bridgehead atoms. The van der Waals surface area contributed by atoms with Crippen LogP contribution in [0.4, 0.5) is 4.79 Å². The number of urea groups is 1. The standard InChI is InChI=1S/C15H15ClN2O5/c1-8(2)18-14(20)13(19)17(15(18)21)7-9-5-10(16)12-11(6-9)22-3-4-23-12/h5-6,8H,3-4,7H2,1-2H3. The van der Waals surface area contributed by atoms with Crippen LogP contribution in [-0.4, -0.2) is 46.9 Å². The van der Waals surface area contributed by atoms with Crippen molar-refractivity contribution in [1.29, 1.82) is 0 Å². The second-order valence-corrected chi connectivity index (χ2v) is 5.95. The Hall–Kier alpha value is -2.28. The Kier molecular flexibility index (Phi) is 3.89. The molecule has 0 aromatic heterocycles. The van der Waals surface area contributed by atoms with Gasteiger partial charge in [0.05, 0.1) is 11.6 Å². The van der Waals surface area contributed by atoms with E-state index in [4.69, 9.17) is 21.1 Å². The summed E-state index contributed by atoms with van der Waals surface area (Å²) in [5, 5.41) is 0.336. The molecule has 7 nitrogen and oxygen atoms in total. The summed E-state index contributed by atoms with van der Waals surface area (Å²) in [6.45, 7) is 4.10. The summed E-state index contributed by atoms with van der Waals surface area (Å²) in [6.07, 6.45) is 0. The number of fused-ring (bicyclic) bond motifs is 1. The zero-order valence-electron chi connectivity index (χ0n) is 12.7. The van der Waals surface area contributed by atoms with Crippen LogP contribution >= 0.6 is 11.6 Å². The van der Waals surface area contributed by atoms with Crippen LogP contribution in [0.2, 0.25) is 5.02 Å². The predicted molar refractivity (Wildman–Crippen MR) is 80.4 cm³/mol. The van der Waals surface area contributed by atoms with E-state index in [1.54, 1.807) is 26.0 Å². The molecule has 0 spiro atoms. The van der Waals surface area contributed by atoms with Gasteiger partial charge in [-0.05, 0) is 31.5 Å². The van der Waals surface area contributed by atoms with Crippen LogP contribution in [0.1, 0.15) is 19.4 Å². The number of halogens is 1. The average Bonchev–Trinajstić information content (AvgIpc) is 2.71.